The highest BCUT2D eigenvalue weighted by molar-refractivity contribution is 5.65. The van der Waals surface area contributed by atoms with E-state index in [1.54, 1.807) is 0 Å². The van der Waals surface area contributed by atoms with Crippen molar-refractivity contribution in [2.75, 3.05) is 27.2 Å². The van der Waals surface area contributed by atoms with Crippen LogP contribution in [0.15, 0.2) is 0 Å². The first-order valence-electron chi connectivity index (χ1n) is 8.60. The van der Waals surface area contributed by atoms with Gasteiger partial charge in [-0.3, -0.25) is 0 Å². The first-order chi connectivity index (χ1) is 14.9. The average molecular weight is 563 g/mol. The van der Waals surface area contributed by atoms with Gasteiger partial charge in [0.2, 0.25) is 0 Å². The molecule has 0 heterocycles. The molecule has 0 rings (SSSR count). The maximum atomic E-state index is 13.7. The van der Waals surface area contributed by atoms with Gasteiger partial charge in [-0.2, -0.15) is 74.6 Å². The van der Waals surface area contributed by atoms with E-state index in [1.165, 1.54) is 0 Å². The summed E-state index contributed by atoms with van der Waals surface area (Å²) in [6.45, 7) is -1.88. The summed E-state index contributed by atoms with van der Waals surface area (Å²) >= 11 is 0. The number of halogens is 17. The Morgan fingerprint density at radius 3 is 1.23 bits per heavy atom. The van der Waals surface area contributed by atoms with Crippen molar-refractivity contribution >= 4 is 5.97 Å². The van der Waals surface area contributed by atoms with E-state index in [0.717, 1.165) is 14.1 Å². The molecule has 0 saturated heterocycles. The van der Waals surface area contributed by atoms with Crippen LogP contribution in [0.4, 0.5) is 74.6 Å². The Morgan fingerprint density at radius 2 is 0.914 bits per heavy atom. The molecule has 0 aromatic heterocycles. The van der Waals surface area contributed by atoms with Gasteiger partial charge < -0.3 is 14.4 Å². The molecule has 35 heavy (non-hydrogen) atoms. The third-order valence-corrected chi connectivity index (χ3v) is 4.60. The Hall–Kier alpha value is -1.76. The third-order valence-electron chi connectivity index (χ3n) is 4.60. The highest BCUT2D eigenvalue weighted by Gasteiger charge is 2.95. The average Bonchev–Trinajstić information content (AvgIpc) is 2.57. The van der Waals surface area contributed by atoms with Crippen LogP contribution >= 0.6 is 0 Å². The van der Waals surface area contributed by atoms with Gasteiger partial charge >= 0.3 is 47.6 Å². The predicted octanol–water partition coefficient (Wildman–Crippen LogP) is 4.60. The van der Waals surface area contributed by atoms with Crippen molar-refractivity contribution in [2.45, 2.75) is 60.5 Å². The molecule has 0 aliphatic carbocycles. The molecule has 0 bridgehead atoms. The molecule has 0 radical (unpaired) electrons. The summed E-state index contributed by atoms with van der Waals surface area (Å²) in [4.78, 5) is 10.5. The van der Waals surface area contributed by atoms with E-state index in [-0.39, 0.29) is 0 Å². The fourth-order valence-corrected chi connectivity index (χ4v) is 2.51. The van der Waals surface area contributed by atoms with E-state index in [1.807, 2.05) is 0 Å². The van der Waals surface area contributed by atoms with Gasteiger partial charge in [0.1, 0.15) is 6.54 Å². The van der Waals surface area contributed by atoms with E-state index in [2.05, 4.69) is 0 Å². The summed E-state index contributed by atoms with van der Waals surface area (Å²) in [5.41, 5.74) is 0. The zero-order valence-corrected chi connectivity index (χ0v) is 17.0. The van der Waals surface area contributed by atoms with Crippen LogP contribution in [0, 0.1) is 0 Å². The predicted molar refractivity (Wildman–Crippen MR) is 76.8 cm³/mol. The molecule has 0 unspecified atom stereocenters. The van der Waals surface area contributed by atoms with Crippen LogP contribution in [0.5, 0.6) is 0 Å². The van der Waals surface area contributed by atoms with Crippen LogP contribution in [0.25, 0.3) is 0 Å². The fraction of sp³-hybridized carbons (Fsp3) is 0.933. The number of carbonyl (C=O) groups excluding carboxylic acids is 1. The van der Waals surface area contributed by atoms with Gasteiger partial charge in [0.05, 0.1) is 26.6 Å². The second kappa shape index (κ2) is 8.97. The van der Waals surface area contributed by atoms with Crippen LogP contribution in [-0.2, 0) is 4.79 Å². The van der Waals surface area contributed by atoms with Crippen molar-refractivity contribution in [1.29, 1.82) is 0 Å². The number of rotatable bonds is 12. The molecule has 210 valence electrons. The van der Waals surface area contributed by atoms with Crippen molar-refractivity contribution < 1.29 is 89.0 Å². The third kappa shape index (κ3) is 5.35. The SMILES string of the molecule is C[N+](C)(CCCC(F)(F)C(F)(F)C(F)(F)C(F)(F)C(F)(F)C(F)(F)C(F)(F)C(F)(F)F)CC(=O)[O-]. The maximum absolute atomic E-state index is 13.7. The molecule has 3 nitrogen and oxygen atoms in total. The molecule has 0 saturated carbocycles. The van der Waals surface area contributed by atoms with Crippen LogP contribution in [0.2, 0.25) is 0 Å². The van der Waals surface area contributed by atoms with Gasteiger partial charge in [0.25, 0.3) is 0 Å². The number of alkyl halides is 17. The van der Waals surface area contributed by atoms with Crippen molar-refractivity contribution in [2.24, 2.45) is 0 Å². The molecule has 0 aliphatic heterocycles. The molecular formula is C15H14F17NO2. The summed E-state index contributed by atoms with van der Waals surface area (Å²) in [5, 5.41) is 10.5. The zero-order chi connectivity index (χ0) is 28.9. The number of quaternary nitrogens is 1. The van der Waals surface area contributed by atoms with E-state index < -0.39 is 84.0 Å². The summed E-state index contributed by atoms with van der Waals surface area (Å²) in [6.07, 6.45) is -11.8. The Balaban J connectivity index is 6.28. The topological polar surface area (TPSA) is 40.1 Å². The Kier molecular flexibility index (Phi) is 8.51. The Labute approximate surface area is 184 Å². The second-order valence-corrected chi connectivity index (χ2v) is 7.94. The number of likely N-dealkylation sites (N-methyl/N-ethyl adjacent to an activating group) is 1. The van der Waals surface area contributed by atoms with Crippen LogP contribution < -0.4 is 5.11 Å². The monoisotopic (exact) mass is 563 g/mol. The molecule has 0 spiro atoms. The largest absolute Gasteiger partial charge is 0.544 e. The normalized spacial score (nSPS) is 16.0. The number of hydrogen-bond acceptors (Lipinski definition) is 2. The lowest BCUT2D eigenvalue weighted by atomic mass is 9.88. The van der Waals surface area contributed by atoms with Crippen LogP contribution in [-0.4, -0.2) is 85.3 Å². The second-order valence-electron chi connectivity index (χ2n) is 7.94. The molecule has 0 fully saturated rings. The van der Waals surface area contributed by atoms with Crippen molar-refractivity contribution in [3.8, 4) is 0 Å². The maximum Gasteiger partial charge on any atom is 0.460 e. The van der Waals surface area contributed by atoms with E-state index in [4.69, 9.17) is 0 Å². The first-order valence-corrected chi connectivity index (χ1v) is 8.60. The minimum atomic E-state index is -8.66. The Morgan fingerprint density at radius 1 is 0.600 bits per heavy atom. The molecule has 0 N–H and O–H groups in total. The smallest absolute Gasteiger partial charge is 0.460 e. The lowest BCUT2D eigenvalue weighted by Gasteiger charge is -2.43. The van der Waals surface area contributed by atoms with E-state index in [9.17, 15) is 84.5 Å². The first kappa shape index (κ1) is 33.2. The van der Waals surface area contributed by atoms with Gasteiger partial charge in [-0.1, -0.05) is 0 Å². The van der Waals surface area contributed by atoms with E-state index in [0.29, 0.717) is 0 Å². The lowest BCUT2D eigenvalue weighted by Crippen LogP contribution is -2.74. The minimum Gasteiger partial charge on any atom is -0.544 e. The number of carboxylic acid groups (broad SMARTS) is 1. The standard InChI is InChI=1S/C15H14F17NO2/c1-33(2,6-7(34)35)5-3-4-8(16,17)9(18,19)10(20,21)11(22,23)12(24,25)13(26,27)14(28,29)15(30,31)32/h3-6H2,1-2H3. The molecule has 20 heteroatoms. The lowest BCUT2D eigenvalue weighted by molar-refractivity contribution is -0.885. The van der Waals surface area contributed by atoms with Gasteiger partial charge in [0, 0.05) is 12.8 Å². The zero-order valence-electron chi connectivity index (χ0n) is 17.0. The van der Waals surface area contributed by atoms with Crippen molar-refractivity contribution in [3.63, 3.8) is 0 Å². The number of nitrogens with zero attached hydrogens (tertiary/aromatic N) is 1. The number of hydrogen-bond donors (Lipinski definition) is 0. The number of carbonyl (C=O) groups is 1. The van der Waals surface area contributed by atoms with Gasteiger partial charge in [-0.05, 0) is 0 Å². The molecule has 0 aromatic carbocycles. The minimum absolute atomic E-state index is 0.854. The summed E-state index contributed by atoms with van der Waals surface area (Å²) < 4.78 is 222. The number of carboxylic acids is 1. The van der Waals surface area contributed by atoms with Gasteiger partial charge in [-0.15, -0.1) is 0 Å². The summed E-state index contributed by atoms with van der Waals surface area (Å²) in [7, 11) is 1.89. The van der Waals surface area contributed by atoms with E-state index >= 15 is 0 Å². The van der Waals surface area contributed by atoms with Crippen molar-refractivity contribution in [3.05, 3.63) is 0 Å². The molecule has 0 aromatic rings. The molecular weight excluding hydrogens is 549 g/mol. The van der Waals surface area contributed by atoms with Crippen LogP contribution in [0.1, 0.15) is 12.8 Å². The van der Waals surface area contributed by atoms with Crippen LogP contribution in [0.3, 0.4) is 0 Å². The molecule has 0 amide bonds. The highest BCUT2D eigenvalue weighted by Crippen LogP contribution is 2.64. The summed E-state index contributed by atoms with van der Waals surface area (Å²) in [5.74, 6) is -58.3. The molecule has 0 atom stereocenters. The number of aliphatic carboxylic acids is 1. The quantitative estimate of drug-likeness (QED) is 0.258. The van der Waals surface area contributed by atoms with Gasteiger partial charge in [-0.25, -0.2) is 0 Å². The Bertz CT molecular complexity index is 772. The summed E-state index contributed by atoms with van der Waals surface area (Å²) in [6, 6.07) is 0. The fourth-order valence-electron chi connectivity index (χ4n) is 2.51. The highest BCUT2D eigenvalue weighted by atomic mass is 19.4. The van der Waals surface area contributed by atoms with Crippen molar-refractivity contribution in [1.82, 2.24) is 0 Å². The van der Waals surface area contributed by atoms with Gasteiger partial charge in [0.15, 0.2) is 0 Å². The molecule has 0 aliphatic rings.